The third kappa shape index (κ3) is 8.12. The van der Waals surface area contributed by atoms with Crippen LogP contribution in [0.15, 0.2) is 151 Å². The summed E-state index contributed by atoms with van der Waals surface area (Å²) < 4.78 is 0. The van der Waals surface area contributed by atoms with Crippen molar-refractivity contribution in [2.75, 3.05) is 6.54 Å². The summed E-state index contributed by atoms with van der Waals surface area (Å²) in [4.78, 5) is 34.1. The largest absolute Gasteiger partial charge is 2.00 e. The molecule has 0 radical (unpaired) electrons. The maximum atomic E-state index is 13.8. The second kappa shape index (κ2) is 16.1. The summed E-state index contributed by atoms with van der Waals surface area (Å²) in [7, 11) is 0. The summed E-state index contributed by atoms with van der Waals surface area (Å²) >= 11 is 0. The van der Waals surface area contributed by atoms with Gasteiger partial charge in [0.05, 0.1) is 17.7 Å². The number of nitrogens with zero attached hydrogens (tertiary/aromatic N) is 3. The molecule has 6 nitrogen and oxygen atoms in total. The van der Waals surface area contributed by atoms with Crippen molar-refractivity contribution < 1.29 is 31.2 Å². The predicted molar refractivity (Wildman–Crippen MR) is 183 cm³/mol. The first kappa shape index (κ1) is 33.5. The molecule has 0 aliphatic carbocycles. The molecule has 47 heavy (non-hydrogen) atoms. The van der Waals surface area contributed by atoms with Crippen LogP contribution in [0.1, 0.15) is 46.6 Å². The van der Waals surface area contributed by atoms with E-state index in [1.807, 2.05) is 133 Å². The molecule has 5 aromatic rings. The molecular weight excluding hydrogens is 629 g/mol. The Morgan fingerprint density at radius 2 is 1.28 bits per heavy atom. The van der Waals surface area contributed by atoms with Crippen molar-refractivity contribution in [2.45, 2.75) is 37.4 Å². The Bertz CT molecular complexity index is 1740. The molecular formula is C40H36N3NiO3+. The van der Waals surface area contributed by atoms with Gasteiger partial charge in [-0.05, 0) is 41.6 Å². The summed E-state index contributed by atoms with van der Waals surface area (Å²) in [5.41, 5.74) is 5.17. The molecule has 1 saturated heterocycles. The normalized spacial score (nSPS) is 15.5. The summed E-state index contributed by atoms with van der Waals surface area (Å²) in [6.07, 6.45) is 1.67. The number of para-hydroxylation sites is 1. The molecule has 1 amide bonds. The van der Waals surface area contributed by atoms with E-state index in [-0.39, 0.29) is 28.4 Å². The van der Waals surface area contributed by atoms with E-state index in [1.54, 1.807) is 0 Å². The molecule has 5 aromatic carbocycles. The zero-order chi connectivity index (χ0) is 31.7. The van der Waals surface area contributed by atoms with E-state index in [0.717, 1.165) is 41.6 Å². The molecule has 0 aromatic heterocycles. The van der Waals surface area contributed by atoms with E-state index < -0.39 is 17.9 Å². The molecule has 0 bridgehead atoms. The van der Waals surface area contributed by atoms with Gasteiger partial charge in [-0.1, -0.05) is 146 Å². The van der Waals surface area contributed by atoms with Crippen molar-refractivity contribution in [3.05, 3.63) is 179 Å². The SMILES string of the molecule is O=C(O)[C@@H](N=C(c1ccccc1)c1ccccc1[N-]C(=O)[C@@H]1CCCN1Cc1ccccc1)C(c1ccccc1)c1ccccc1.[Ni+2]. The number of aliphatic imine (C=N–C) groups is 1. The zero-order valence-corrected chi connectivity index (χ0v) is 26.8. The van der Waals surface area contributed by atoms with Crippen LogP contribution in [0.5, 0.6) is 0 Å². The van der Waals surface area contributed by atoms with Crippen LogP contribution in [-0.4, -0.2) is 46.2 Å². The number of carbonyl (C=O) groups excluding carboxylic acids is 1. The van der Waals surface area contributed by atoms with Gasteiger partial charge in [0.25, 0.3) is 0 Å². The fourth-order valence-electron chi connectivity index (χ4n) is 6.26. The van der Waals surface area contributed by atoms with Crippen LogP contribution in [0.25, 0.3) is 5.32 Å². The number of likely N-dealkylation sites (tertiary alicyclic amines) is 1. The van der Waals surface area contributed by atoms with Gasteiger partial charge < -0.3 is 15.2 Å². The van der Waals surface area contributed by atoms with Crippen molar-refractivity contribution in [1.82, 2.24) is 4.90 Å². The number of hydrogen-bond donors (Lipinski definition) is 1. The van der Waals surface area contributed by atoms with Crippen molar-refractivity contribution >= 4 is 23.3 Å². The standard InChI is InChI=1S/C40H37N3O3.Ni/c44-39(35-26-15-27-43(35)28-29-16-5-1-6-17-29)41-34-25-14-13-24-33(34)37(32-22-11-4-12-23-32)42-38(40(45)46)36(30-18-7-2-8-19-30)31-20-9-3-10-21-31;/h1-14,16-25,35-36,38H,15,26-28H2,(H2,41,42,44,45,46);/q;+2/p-1/t35-,38-;/m0./s1. The topological polar surface area (TPSA) is 84.1 Å². The van der Waals surface area contributed by atoms with E-state index >= 15 is 0 Å². The Kier molecular flexibility index (Phi) is 11.5. The van der Waals surface area contributed by atoms with Crippen LogP contribution in [0.2, 0.25) is 0 Å². The van der Waals surface area contributed by atoms with Crippen LogP contribution in [0.4, 0.5) is 5.69 Å². The van der Waals surface area contributed by atoms with Crippen molar-refractivity contribution in [2.24, 2.45) is 4.99 Å². The molecule has 2 atom stereocenters. The molecule has 1 aliphatic heterocycles. The van der Waals surface area contributed by atoms with Gasteiger partial charge in [0, 0.05) is 18.0 Å². The quantitative estimate of drug-likeness (QED) is 0.115. The molecule has 0 saturated carbocycles. The van der Waals surface area contributed by atoms with Crippen molar-refractivity contribution in [1.29, 1.82) is 0 Å². The molecule has 1 fully saturated rings. The monoisotopic (exact) mass is 664 g/mol. The van der Waals surface area contributed by atoms with Gasteiger partial charge in [-0.15, -0.1) is 5.69 Å². The molecule has 0 spiro atoms. The number of benzene rings is 5. The number of carbonyl (C=O) groups is 2. The first-order valence-corrected chi connectivity index (χ1v) is 15.7. The van der Waals surface area contributed by atoms with Crippen molar-refractivity contribution in [3.8, 4) is 0 Å². The van der Waals surface area contributed by atoms with Gasteiger partial charge in [0.15, 0.2) is 6.04 Å². The van der Waals surface area contributed by atoms with Crippen LogP contribution in [0.3, 0.4) is 0 Å². The Labute approximate surface area is 286 Å². The Balaban J connectivity index is 0.00000433. The maximum Gasteiger partial charge on any atom is 2.00 e. The number of carboxylic acid groups (broad SMARTS) is 1. The third-order valence-corrected chi connectivity index (χ3v) is 8.47. The van der Waals surface area contributed by atoms with Gasteiger partial charge in [0.2, 0.25) is 0 Å². The molecule has 238 valence electrons. The van der Waals surface area contributed by atoms with Crippen LogP contribution >= 0.6 is 0 Å². The van der Waals surface area contributed by atoms with Crippen LogP contribution < -0.4 is 0 Å². The van der Waals surface area contributed by atoms with Crippen LogP contribution in [0, 0.1) is 0 Å². The minimum atomic E-state index is -1.15. The van der Waals surface area contributed by atoms with E-state index in [1.165, 1.54) is 0 Å². The van der Waals surface area contributed by atoms with E-state index in [0.29, 0.717) is 23.5 Å². The molecule has 0 unspecified atom stereocenters. The second-order valence-electron chi connectivity index (χ2n) is 11.5. The van der Waals surface area contributed by atoms with E-state index in [2.05, 4.69) is 22.3 Å². The summed E-state index contributed by atoms with van der Waals surface area (Å²) in [6, 6.07) is 44.9. The first-order chi connectivity index (χ1) is 22.6. The van der Waals surface area contributed by atoms with Gasteiger partial charge in [-0.2, -0.15) is 0 Å². The van der Waals surface area contributed by atoms with E-state index in [9.17, 15) is 14.7 Å². The van der Waals surface area contributed by atoms with Crippen molar-refractivity contribution in [3.63, 3.8) is 0 Å². The Hall–Kier alpha value is -4.84. The fraction of sp³-hybridized carbons (Fsp3) is 0.175. The molecule has 6 rings (SSSR count). The number of aliphatic carboxylic acids is 1. The summed E-state index contributed by atoms with van der Waals surface area (Å²) in [6.45, 7) is 1.52. The van der Waals surface area contributed by atoms with Gasteiger partial charge >= 0.3 is 22.5 Å². The first-order valence-electron chi connectivity index (χ1n) is 15.7. The number of hydrogen-bond acceptors (Lipinski definition) is 4. The zero-order valence-electron chi connectivity index (χ0n) is 25.8. The van der Waals surface area contributed by atoms with Gasteiger partial charge in [-0.3, -0.25) is 9.89 Å². The van der Waals surface area contributed by atoms with Gasteiger partial charge in [-0.25, -0.2) is 4.79 Å². The number of carboxylic acids is 1. The molecule has 1 N–H and O–H groups in total. The smallest absolute Gasteiger partial charge is 0.625 e. The predicted octanol–water partition coefficient (Wildman–Crippen LogP) is 8.00. The summed E-state index contributed by atoms with van der Waals surface area (Å²) in [5.74, 6) is -1.79. The second-order valence-corrected chi connectivity index (χ2v) is 11.5. The minimum absolute atomic E-state index is 0. The third-order valence-electron chi connectivity index (χ3n) is 8.47. The average molecular weight is 665 g/mol. The minimum Gasteiger partial charge on any atom is -0.625 e. The molecule has 1 heterocycles. The average Bonchev–Trinajstić information content (AvgIpc) is 3.57. The molecule has 1 aliphatic rings. The Morgan fingerprint density at radius 3 is 1.87 bits per heavy atom. The Morgan fingerprint density at radius 1 is 0.745 bits per heavy atom. The van der Waals surface area contributed by atoms with Crippen LogP contribution in [-0.2, 0) is 32.6 Å². The number of amides is 1. The van der Waals surface area contributed by atoms with Gasteiger partial charge in [0.1, 0.15) is 0 Å². The maximum absolute atomic E-state index is 13.8. The number of rotatable bonds is 11. The summed E-state index contributed by atoms with van der Waals surface area (Å²) in [5, 5.41) is 15.4. The molecule has 7 heteroatoms. The van der Waals surface area contributed by atoms with E-state index in [4.69, 9.17) is 4.99 Å². The fourth-order valence-corrected chi connectivity index (χ4v) is 6.26.